The molecule has 0 unspecified atom stereocenters. The summed E-state index contributed by atoms with van der Waals surface area (Å²) in [7, 11) is 0. The monoisotopic (exact) mass is 368 g/mol. The zero-order valence-electron chi connectivity index (χ0n) is 9.82. The third-order valence-electron chi connectivity index (χ3n) is 2.01. The predicted molar refractivity (Wildman–Crippen MR) is 83.1 cm³/mol. The second-order valence-electron chi connectivity index (χ2n) is 3.43. The maximum atomic E-state index is 5.69. The minimum absolute atomic E-state index is 0. The van der Waals surface area contributed by atoms with Crippen LogP contribution in [-0.2, 0) is 6.42 Å². The van der Waals surface area contributed by atoms with E-state index in [0.29, 0.717) is 11.1 Å². The molecule has 0 atom stereocenters. The molecule has 0 aliphatic rings. The molecule has 4 nitrogen and oxygen atoms in total. The van der Waals surface area contributed by atoms with Crippen molar-refractivity contribution in [3.8, 4) is 0 Å². The Morgan fingerprint density at radius 3 is 2.88 bits per heavy atom. The Kier molecular flexibility index (Phi) is 9.16. The van der Waals surface area contributed by atoms with Gasteiger partial charge in [-0.05, 0) is 24.5 Å². The summed E-state index contributed by atoms with van der Waals surface area (Å²) in [5.41, 5.74) is 6.78. The number of guanidine groups is 1. The van der Waals surface area contributed by atoms with Crippen LogP contribution in [0.15, 0.2) is 23.3 Å². The van der Waals surface area contributed by atoms with Gasteiger partial charge in [-0.15, -0.1) is 24.0 Å². The van der Waals surface area contributed by atoms with Crippen molar-refractivity contribution in [2.24, 2.45) is 10.7 Å². The minimum Gasteiger partial charge on any atom is -0.370 e. The van der Waals surface area contributed by atoms with E-state index in [0.717, 1.165) is 31.5 Å². The molecular formula is C11H18ClIN4. The van der Waals surface area contributed by atoms with Crippen molar-refractivity contribution >= 4 is 41.5 Å². The highest BCUT2D eigenvalue weighted by Gasteiger charge is 1.95. The number of nitrogens with two attached hydrogens (primary N) is 1. The first-order valence-electron chi connectivity index (χ1n) is 5.36. The summed E-state index contributed by atoms with van der Waals surface area (Å²) in [6.07, 6.45) is 3.62. The molecule has 0 fully saturated rings. The first-order valence-corrected chi connectivity index (χ1v) is 5.74. The van der Waals surface area contributed by atoms with E-state index in [2.05, 4.69) is 22.2 Å². The van der Waals surface area contributed by atoms with Gasteiger partial charge in [0, 0.05) is 19.3 Å². The Hall–Kier alpha value is -0.560. The van der Waals surface area contributed by atoms with Crippen molar-refractivity contribution in [2.45, 2.75) is 19.8 Å². The second kappa shape index (κ2) is 9.47. The zero-order chi connectivity index (χ0) is 11.8. The van der Waals surface area contributed by atoms with Gasteiger partial charge < -0.3 is 11.1 Å². The number of pyridine rings is 1. The highest BCUT2D eigenvalue weighted by Crippen LogP contribution is 2.05. The number of hydrogen-bond donors (Lipinski definition) is 2. The summed E-state index contributed by atoms with van der Waals surface area (Å²) in [5.74, 6) is 0.503. The lowest BCUT2D eigenvalue weighted by Gasteiger charge is -2.05. The van der Waals surface area contributed by atoms with E-state index in [1.807, 2.05) is 6.07 Å². The lowest BCUT2D eigenvalue weighted by molar-refractivity contribution is 0.836. The molecule has 96 valence electrons. The Balaban J connectivity index is 0.00000256. The quantitative estimate of drug-likeness (QED) is 0.362. The maximum absolute atomic E-state index is 5.69. The molecule has 1 aromatic rings. The zero-order valence-corrected chi connectivity index (χ0v) is 12.9. The van der Waals surface area contributed by atoms with Crippen LogP contribution in [0.2, 0.25) is 5.15 Å². The fraction of sp³-hybridized carbons (Fsp3) is 0.455. The molecule has 1 heterocycles. The Labute approximate surface area is 124 Å². The molecule has 0 spiro atoms. The molecule has 0 aliphatic heterocycles. The normalized spacial score (nSPS) is 10.8. The van der Waals surface area contributed by atoms with Crippen molar-refractivity contribution < 1.29 is 0 Å². The third-order valence-corrected chi connectivity index (χ3v) is 2.24. The fourth-order valence-electron chi connectivity index (χ4n) is 1.18. The summed E-state index contributed by atoms with van der Waals surface area (Å²) in [4.78, 5) is 8.14. The SMILES string of the molecule is CCCN=C(N)NCCc1ccc(Cl)nc1.I. The summed E-state index contributed by atoms with van der Waals surface area (Å²) >= 11 is 5.69. The van der Waals surface area contributed by atoms with Gasteiger partial charge in [-0.1, -0.05) is 24.6 Å². The molecule has 0 bridgehead atoms. The van der Waals surface area contributed by atoms with Gasteiger partial charge in [0.25, 0.3) is 0 Å². The molecule has 17 heavy (non-hydrogen) atoms. The second-order valence-corrected chi connectivity index (χ2v) is 3.82. The van der Waals surface area contributed by atoms with Crippen LogP contribution in [0.1, 0.15) is 18.9 Å². The topological polar surface area (TPSA) is 63.3 Å². The number of nitrogens with one attached hydrogen (secondary N) is 1. The van der Waals surface area contributed by atoms with Crippen LogP contribution in [0.5, 0.6) is 0 Å². The van der Waals surface area contributed by atoms with Crippen molar-refractivity contribution in [3.05, 3.63) is 29.0 Å². The van der Waals surface area contributed by atoms with E-state index >= 15 is 0 Å². The van der Waals surface area contributed by atoms with Gasteiger partial charge >= 0.3 is 0 Å². The first kappa shape index (κ1) is 16.4. The molecule has 1 rings (SSSR count). The number of nitrogens with zero attached hydrogens (tertiary/aromatic N) is 2. The molecule has 3 N–H and O–H groups in total. The lowest BCUT2D eigenvalue weighted by atomic mass is 10.2. The first-order chi connectivity index (χ1) is 7.72. The van der Waals surface area contributed by atoms with Crippen LogP contribution in [-0.4, -0.2) is 24.0 Å². The van der Waals surface area contributed by atoms with Crippen LogP contribution in [0.3, 0.4) is 0 Å². The van der Waals surface area contributed by atoms with Crippen molar-refractivity contribution in [1.82, 2.24) is 10.3 Å². The summed E-state index contributed by atoms with van der Waals surface area (Å²) < 4.78 is 0. The van der Waals surface area contributed by atoms with Crippen molar-refractivity contribution in [2.75, 3.05) is 13.1 Å². The molecule has 1 aromatic heterocycles. The van der Waals surface area contributed by atoms with Crippen LogP contribution < -0.4 is 11.1 Å². The summed E-state index contributed by atoms with van der Waals surface area (Å²) in [6.45, 7) is 3.58. The Morgan fingerprint density at radius 2 is 2.29 bits per heavy atom. The van der Waals surface area contributed by atoms with E-state index in [-0.39, 0.29) is 24.0 Å². The van der Waals surface area contributed by atoms with Gasteiger partial charge in [-0.2, -0.15) is 0 Å². The van der Waals surface area contributed by atoms with Gasteiger partial charge in [-0.25, -0.2) is 4.98 Å². The van der Waals surface area contributed by atoms with Gasteiger partial charge in [0.15, 0.2) is 5.96 Å². The molecule has 0 radical (unpaired) electrons. The highest BCUT2D eigenvalue weighted by atomic mass is 127. The van der Waals surface area contributed by atoms with Crippen LogP contribution in [0.4, 0.5) is 0 Å². The molecule has 0 saturated carbocycles. The molecule has 0 amide bonds. The minimum atomic E-state index is 0. The molecule has 0 aliphatic carbocycles. The smallest absolute Gasteiger partial charge is 0.188 e. The molecular weight excluding hydrogens is 351 g/mol. The molecule has 6 heteroatoms. The Bertz CT molecular complexity index is 340. The van der Waals surface area contributed by atoms with Crippen LogP contribution in [0.25, 0.3) is 0 Å². The number of aliphatic imine (C=N–C) groups is 1. The average molecular weight is 369 g/mol. The van der Waals surface area contributed by atoms with Gasteiger partial charge in [0.05, 0.1) is 0 Å². The van der Waals surface area contributed by atoms with E-state index in [1.165, 1.54) is 0 Å². The summed E-state index contributed by atoms with van der Waals surface area (Å²) in [6, 6.07) is 3.74. The number of halogens is 2. The lowest BCUT2D eigenvalue weighted by Crippen LogP contribution is -2.33. The van der Waals surface area contributed by atoms with Crippen molar-refractivity contribution in [1.29, 1.82) is 0 Å². The van der Waals surface area contributed by atoms with E-state index < -0.39 is 0 Å². The summed E-state index contributed by atoms with van der Waals surface area (Å²) in [5, 5.41) is 3.56. The standard InChI is InChI=1S/C11H17ClN4.HI/c1-2-6-14-11(13)15-7-5-9-3-4-10(12)16-8-9;/h3-4,8H,2,5-7H2,1H3,(H3,13,14,15);1H. The van der Waals surface area contributed by atoms with E-state index in [4.69, 9.17) is 17.3 Å². The predicted octanol–water partition coefficient (Wildman–Crippen LogP) is 2.21. The van der Waals surface area contributed by atoms with E-state index in [9.17, 15) is 0 Å². The number of rotatable bonds is 5. The Morgan fingerprint density at radius 1 is 1.53 bits per heavy atom. The number of aromatic nitrogens is 1. The van der Waals surface area contributed by atoms with E-state index in [1.54, 1.807) is 12.3 Å². The maximum Gasteiger partial charge on any atom is 0.188 e. The molecule has 0 aromatic carbocycles. The number of hydrogen-bond acceptors (Lipinski definition) is 2. The average Bonchev–Trinajstić information content (AvgIpc) is 2.29. The van der Waals surface area contributed by atoms with Gasteiger partial charge in [0.1, 0.15) is 5.15 Å². The highest BCUT2D eigenvalue weighted by molar-refractivity contribution is 14.0. The van der Waals surface area contributed by atoms with Gasteiger partial charge in [-0.3, -0.25) is 4.99 Å². The third kappa shape index (κ3) is 7.38. The molecule has 0 saturated heterocycles. The largest absolute Gasteiger partial charge is 0.370 e. The fourth-order valence-corrected chi connectivity index (χ4v) is 1.29. The van der Waals surface area contributed by atoms with Crippen LogP contribution in [0, 0.1) is 0 Å². The van der Waals surface area contributed by atoms with Gasteiger partial charge in [0.2, 0.25) is 0 Å². The van der Waals surface area contributed by atoms with Crippen LogP contribution >= 0.6 is 35.6 Å². The van der Waals surface area contributed by atoms with Crippen molar-refractivity contribution in [3.63, 3.8) is 0 Å².